The Balaban J connectivity index is 4.56. The van der Waals surface area contributed by atoms with Crippen LogP contribution in [0.5, 0.6) is 0 Å². The lowest BCUT2D eigenvalue weighted by Crippen LogP contribution is -2.53. The molecule has 0 radical (unpaired) electrons. The van der Waals surface area contributed by atoms with Crippen molar-refractivity contribution < 1.29 is 0 Å². The Morgan fingerprint density at radius 3 is 2.00 bits per heavy atom. The molecule has 0 spiro atoms. The number of hydrogen-bond acceptors (Lipinski definition) is 2. The molecule has 0 bridgehead atoms. The molecule has 0 aromatic heterocycles. The summed E-state index contributed by atoms with van der Waals surface area (Å²) in [6.07, 6.45) is 2.53. The molecule has 15 heavy (non-hydrogen) atoms. The Labute approximate surface area is 96.2 Å². The van der Waals surface area contributed by atoms with Crippen molar-refractivity contribution in [2.45, 2.75) is 66.5 Å². The molecule has 0 aliphatic rings. The van der Waals surface area contributed by atoms with E-state index in [4.69, 9.17) is 5.73 Å². The van der Waals surface area contributed by atoms with E-state index in [0.29, 0.717) is 6.04 Å². The smallest absolute Gasteiger partial charge is 0.0292 e. The van der Waals surface area contributed by atoms with Crippen molar-refractivity contribution in [2.75, 3.05) is 13.1 Å². The molecule has 92 valence electrons. The van der Waals surface area contributed by atoms with Crippen LogP contribution in [-0.2, 0) is 0 Å². The van der Waals surface area contributed by atoms with Gasteiger partial charge in [-0.15, -0.1) is 0 Å². The summed E-state index contributed by atoms with van der Waals surface area (Å²) in [6, 6.07) is 0.718. The third-order valence-corrected chi connectivity index (χ3v) is 2.98. The lowest BCUT2D eigenvalue weighted by molar-refractivity contribution is 0.0853. The molecule has 0 amide bonds. The van der Waals surface area contributed by atoms with E-state index in [0.717, 1.165) is 6.54 Å². The van der Waals surface area contributed by atoms with Crippen LogP contribution in [0.15, 0.2) is 0 Å². The topological polar surface area (TPSA) is 29.3 Å². The van der Waals surface area contributed by atoms with E-state index in [2.05, 4.69) is 46.4 Å². The maximum absolute atomic E-state index is 6.13. The van der Waals surface area contributed by atoms with Crippen LogP contribution >= 0.6 is 0 Å². The number of nitrogens with two attached hydrogens (primary N) is 1. The zero-order chi connectivity index (χ0) is 12.1. The molecular formula is C13H30N2. The minimum Gasteiger partial charge on any atom is -0.327 e. The summed E-state index contributed by atoms with van der Waals surface area (Å²) in [5.74, 6) is 0. The maximum atomic E-state index is 6.13. The van der Waals surface area contributed by atoms with E-state index >= 15 is 0 Å². The van der Waals surface area contributed by atoms with Gasteiger partial charge in [-0.2, -0.15) is 0 Å². The van der Waals surface area contributed by atoms with Crippen LogP contribution in [0.2, 0.25) is 0 Å². The summed E-state index contributed by atoms with van der Waals surface area (Å²) in [4.78, 5) is 2.54. The van der Waals surface area contributed by atoms with Gasteiger partial charge in [-0.05, 0) is 31.8 Å². The first kappa shape index (κ1) is 14.9. The van der Waals surface area contributed by atoms with Crippen LogP contribution in [0, 0.1) is 5.41 Å². The normalized spacial score (nSPS) is 16.8. The lowest BCUT2D eigenvalue weighted by atomic mass is 9.81. The van der Waals surface area contributed by atoms with Crippen molar-refractivity contribution in [3.63, 3.8) is 0 Å². The van der Waals surface area contributed by atoms with E-state index in [1.54, 1.807) is 0 Å². The molecule has 2 atom stereocenters. The van der Waals surface area contributed by atoms with Gasteiger partial charge in [0.15, 0.2) is 0 Å². The van der Waals surface area contributed by atoms with Crippen molar-refractivity contribution in [3.05, 3.63) is 0 Å². The van der Waals surface area contributed by atoms with Gasteiger partial charge in [-0.1, -0.05) is 41.0 Å². The average molecular weight is 214 g/mol. The van der Waals surface area contributed by atoms with E-state index in [-0.39, 0.29) is 11.5 Å². The standard InChI is InChI=1S/C13H30N2/c1-7-9-10-15(8-2)12(11(3)14)13(4,5)6/h11-12H,7-10,14H2,1-6H3. The van der Waals surface area contributed by atoms with Crippen molar-refractivity contribution in [1.82, 2.24) is 4.90 Å². The zero-order valence-corrected chi connectivity index (χ0v) is 11.5. The van der Waals surface area contributed by atoms with Crippen molar-refractivity contribution in [1.29, 1.82) is 0 Å². The number of nitrogens with zero attached hydrogens (tertiary/aromatic N) is 1. The molecule has 0 saturated heterocycles. The van der Waals surface area contributed by atoms with E-state index < -0.39 is 0 Å². The molecule has 0 rings (SSSR count). The minimum absolute atomic E-state index is 0.238. The largest absolute Gasteiger partial charge is 0.327 e. The Morgan fingerprint density at radius 2 is 1.73 bits per heavy atom. The van der Waals surface area contributed by atoms with Crippen molar-refractivity contribution in [3.8, 4) is 0 Å². The summed E-state index contributed by atoms with van der Waals surface area (Å²) < 4.78 is 0. The van der Waals surface area contributed by atoms with Gasteiger partial charge < -0.3 is 5.73 Å². The summed E-state index contributed by atoms with van der Waals surface area (Å²) >= 11 is 0. The van der Waals surface area contributed by atoms with Gasteiger partial charge in [0, 0.05) is 12.1 Å². The highest BCUT2D eigenvalue weighted by Crippen LogP contribution is 2.26. The van der Waals surface area contributed by atoms with Gasteiger partial charge >= 0.3 is 0 Å². The van der Waals surface area contributed by atoms with Crippen molar-refractivity contribution in [2.24, 2.45) is 11.1 Å². The van der Waals surface area contributed by atoms with Gasteiger partial charge in [-0.25, -0.2) is 0 Å². The number of unbranched alkanes of at least 4 members (excludes halogenated alkanes) is 1. The lowest BCUT2D eigenvalue weighted by Gasteiger charge is -2.42. The van der Waals surface area contributed by atoms with Gasteiger partial charge in [0.2, 0.25) is 0 Å². The third kappa shape index (κ3) is 4.98. The summed E-state index contributed by atoms with van der Waals surface area (Å²) in [5, 5.41) is 0. The molecule has 0 aliphatic carbocycles. The van der Waals surface area contributed by atoms with Crippen LogP contribution in [0.4, 0.5) is 0 Å². The average Bonchev–Trinajstić information content (AvgIpc) is 2.08. The first-order valence-corrected chi connectivity index (χ1v) is 6.34. The molecule has 2 N–H and O–H groups in total. The van der Waals surface area contributed by atoms with Gasteiger partial charge in [0.25, 0.3) is 0 Å². The zero-order valence-electron chi connectivity index (χ0n) is 11.5. The summed E-state index contributed by atoms with van der Waals surface area (Å²) in [7, 11) is 0. The predicted octanol–water partition coefficient (Wildman–Crippen LogP) is 2.87. The summed E-state index contributed by atoms with van der Waals surface area (Å²) in [5.41, 5.74) is 6.39. The monoisotopic (exact) mass is 214 g/mol. The quantitative estimate of drug-likeness (QED) is 0.736. The Hall–Kier alpha value is -0.0800. The van der Waals surface area contributed by atoms with Crippen LogP contribution in [0.25, 0.3) is 0 Å². The highest BCUT2D eigenvalue weighted by Gasteiger charge is 2.31. The molecule has 0 saturated carbocycles. The van der Waals surface area contributed by atoms with E-state index in [1.165, 1.54) is 19.4 Å². The molecule has 2 nitrogen and oxygen atoms in total. The van der Waals surface area contributed by atoms with E-state index in [9.17, 15) is 0 Å². The number of likely N-dealkylation sites (N-methyl/N-ethyl adjacent to an activating group) is 1. The number of rotatable bonds is 6. The molecule has 2 heteroatoms. The molecule has 0 heterocycles. The molecule has 0 aromatic carbocycles. The van der Waals surface area contributed by atoms with Crippen LogP contribution in [0.1, 0.15) is 54.4 Å². The fraction of sp³-hybridized carbons (Fsp3) is 1.00. The Bertz CT molecular complexity index is 158. The Morgan fingerprint density at radius 1 is 1.20 bits per heavy atom. The molecule has 0 aliphatic heterocycles. The Kier molecular flexibility index (Phi) is 6.46. The molecule has 2 unspecified atom stereocenters. The van der Waals surface area contributed by atoms with Crippen molar-refractivity contribution >= 4 is 0 Å². The minimum atomic E-state index is 0.238. The maximum Gasteiger partial charge on any atom is 0.0292 e. The van der Waals surface area contributed by atoms with Crippen LogP contribution < -0.4 is 5.73 Å². The predicted molar refractivity (Wildman–Crippen MR) is 69.0 cm³/mol. The number of hydrogen-bond donors (Lipinski definition) is 1. The summed E-state index contributed by atoms with van der Waals surface area (Å²) in [6.45, 7) is 15.7. The third-order valence-electron chi connectivity index (χ3n) is 2.98. The fourth-order valence-electron chi connectivity index (χ4n) is 2.52. The van der Waals surface area contributed by atoms with Gasteiger partial charge in [-0.3, -0.25) is 4.90 Å². The van der Waals surface area contributed by atoms with Gasteiger partial charge in [0.05, 0.1) is 0 Å². The molecular weight excluding hydrogens is 184 g/mol. The first-order chi connectivity index (χ1) is 6.84. The SMILES string of the molecule is CCCCN(CC)C(C(C)N)C(C)(C)C. The fourth-order valence-corrected chi connectivity index (χ4v) is 2.52. The second kappa shape index (κ2) is 6.49. The van der Waals surface area contributed by atoms with Gasteiger partial charge in [0.1, 0.15) is 0 Å². The highest BCUT2D eigenvalue weighted by atomic mass is 15.2. The van der Waals surface area contributed by atoms with Crippen LogP contribution in [-0.4, -0.2) is 30.1 Å². The second-order valence-corrected chi connectivity index (χ2v) is 5.65. The molecule has 0 fully saturated rings. The molecule has 0 aromatic rings. The van der Waals surface area contributed by atoms with E-state index in [1.807, 2.05) is 0 Å². The first-order valence-electron chi connectivity index (χ1n) is 6.34. The highest BCUT2D eigenvalue weighted by molar-refractivity contribution is 4.88. The second-order valence-electron chi connectivity index (χ2n) is 5.65. The van der Waals surface area contributed by atoms with Crippen LogP contribution in [0.3, 0.4) is 0 Å².